The third-order valence-electron chi connectivity index (χ3n) is 4.71. The summed E-state index contributed by atoms with van der Waals surface area (Å²) in [7, 11) is 1.88. The summed E-state index contributed by atoms with van der Waals surface area (Å²) in [6.07, 6.45) is 1.40. The van der Waals surface area contributed by atoms with Gasteiger partial charge in [0.25, 0.3) is 0 Å². The Morgan fingerprint density at radius 2 is 1.81 bits per heavy atom. The standard InChI is InChI=1S/C20H18Cl2N2O2/c1-11-17(22)9-8-15-18(11)23-10-16(20(25)26)19(15)24(3)12(2)13-4-6-14(21)7-5-13/h4-10,12H,1-3H3,(H,25,26). The molecule has 4 nitrogen and oxygen atoms in total. The van der Waals surface area contributed by atoms with E-state index in [0.717, 1.165) is 16.5 Å². The Morgan fingerprint density at radius 3 is 2.42 bits per heavy atom. The highest BCUT2D eigenvalue weighted by atomic mass is 35.5. The molecule has 0 aliphatic rings. The summed E-state index contributed by atoms with van der Waals surface area (Å²) >= 11 is 12.2. The zero-order valence-electron chi connectivity index (χ0n) is 14.6. The molecule has 0 amide bonds. The van der Waals surface area contributed by atoms with Gasteiger partial charge in [0.15, 0.2) is 0 Å². The molecular weight excluding hydrogens is 371 g/mol. The van der Waals surface area contributed by atoms with Gasteiger partial charge in [-0.3, -0.25) is 4.98 Å². The third-order valence-corrected chi connectivity index (χ3v) is 5.38. The first-order valence-corrected chi connectivity index (χ1v) is 8.86. The number of aromatic nitrogens is 1. The summed E-state index contributed by atoms with van der Waals surface area (Å²) in [6.45, 7) is 3.90. The summed E-state index contributed by atoms with van der Waals surface area (Å²) in [5.74, 6) is -1.02. The molecule has 0 bridgehead atoms. The van der Waals surface area contributed by atoms with E-state index in [1.54, 1.807) is 6.07 Å². The minimum Gasteiger partial charge on any atom is -0.478 e. The summed E-state index contributed by atoms with van der Waals surface area (Å²) in [4.78, 5) is 18.1. The summed E-state index contributed by atoms with van der Waals surface area (Å²) in [5, 5.41) is 11.7. The fourth-order valence-electron chi connectivity index (χ4n) is 3.06. The van der Waals surface area contributed by atoms with E-state index >= 15 is 0 Å². The number of carbonyl (C=O) groups is 1. The number of aromatic carboxylic acids is 1. The van der Waals surface area contributed by atoms with Crippen LogP contribution in [0.3, 0.4) is 0 Å². The van der Waals surface area contributed by atoms with E-state index in [1.807, 2.05) is 56.1 Å². The average Bonchev–Trinajstić information content (AvgIpc) is 2.63. The predicted molar refractivity (Wildman–Crippen MR) is 107 cm³/mol. The van der Waals surface area contributed by atoms with Crippen LogP contribution >= 0.6 is 23.2 Å². The number of aryl methyl sites for hydroxylation is 1. The van der Waals surface area contributed by atoms with E-state index in [9.17, 15) is 9.90 Å². The molecule has 1 atom stereocenters. The van der Waals surface area contributed by atoms with Crippen LogP contribution in [-0.4, -0.2) is 23.1 Å². The van der Waals surface area contributed by atoms with Gasteiger partial charge in [0.1, 0.15) is 5.56 Å². The van der Waals surface area contributed by atoms with Crippen molar-refractivity contribution in [2.24, 2.45) is 0 Å². The highest BCUT2D eigenvalue weighted by Crippen LogP contribution is 2.36. The molecule has 0 aliphatic carbocycles. The molecule has 0 saturated heterocycles. The largest absolute Gasteiger partial charge is 0.478 e. The molecule has 0 fully saturated rings. The van der Waals surface area contributed by atoms with Crippen LogP contribution < -0.4 is 4.90 Å². The predicted octanol–water partition coefficient (Wildman–Crippen LogP) is 5.75. The van der Waals surface area contributed by atoms with E-state index in [0.29, 0.717) is 21.2 Å². The highest BCUT2D eigenvalue weighted by molar-refractivity contribution is 6.32. The first-order valence-electron chi connectivity index (χ1n) is 8.10. The number of halogens is 2. The lowest BCUT2D eigenvalue weighted by Gasteiger charge is -2.30. The van der Waals surface area contributed by atoms with Crippen LogP contribution in [0, 0.1) is 6.92 Å². The number of hydrogen-bond donors (Lipinski definition) is 1. The highest BCUT2D eigenvalue weighted by Gasteiger charge is 2.23. The van der Waals surface area contributed by atoms with Gasteiger partial charge in [-0.15, -0.1) is 0 Å². The summed E-state index contributed by atoms with van der Waals surface area (Å²) < 4.78 is 0. The van der Waals surface area contributed by atoms with Crippen molar-refractivity contribution < 1.29 is 9.90 Å². The smallest absolute Gasteiger partial charge is 0.339 e. The van der Waals surface area contributed by atoms with Crippen molar-refractivity contribution in [2.45, 2.75) is 19.9 Å². The van der Waals surface area contributed by atoms with E-state index < -0.39 is 5.97 Å². The van der Waals surface area contributed by atoms with Gasteiger partial charge in [-0.1, -0.05) is 35.3 Å². The molecule has 1 unspecified atom stereocenters. The number of fused-ring (bicyclic) bond motifs is 1. The number of anilines is 1. The van der Waals surface area contributed by atoms with Crippen molar-refractivity contribution in [3.8, 4) is 0 Å². The minimum absolute atomic E-state index is 0.0630. The Labute approximate surface area is 162 Å². The van der Waals surface area contributed by atoms with Crippen molar-refractivity contribution in [1.82, 2.24) is 4.98 Å². The van der Waals surface area contributed by atoms with E-state index in [2.05, 4.69) is 4.98 Å². The molecule has 6 heteroatoms. The normalized spacial score (nSPS) is 12.2. The summed E-state index contributed by atoms with van der Waals surface area (Å²) in [5.41, 5.74) is 3.33. The maximum atomic E-state index is 11.8. The van der Waals surface area contributed by atoms with Gasteiger partial charge in [-0.2, -0.15) is 0 Å². The zero-order valence-corrected chi connectivity index (χ0v) is 16.1. The molecule has 1 heterocycles. The van der Waals surface area contributed by atoms with Crippen LogP contribution in [0.5, 0.6) is 0 Å². The maximum absolute atomic E-state index is 11.8. The van der Waals surface area contributed by atoms with Gasteiger partial charge < -0.3 is 10.0 Å². The minimum atomic E-state index is -1.02. The Morgan fingerprint density at radius 1 is 1.15 bits per heavy atom. The van der Waals surface area contributed by atoms with Gasteiger partial charge in [-0.25, -0.2) is 4.79 Å². The number of carboxylic acids is 1. The van der Waals surface area contributed by atoms with E-state index in [1.165, 1.54) is 6.20 Å². The first kappa shape index (κ1) is 18.5. The lowest BCUT2D eigenvalue weighted by molar-refractivity contribution is 0.0697. The molecule has 0 saturated carbocycles. The van der Waals surface area contributed by atoms with Crippen LogP contribution in [0.4, 0.5) is 5.69 Å². The van der Waals surface area contributed by atoms with Gasteiger partial charge in [0.2, 0.25) is 0 Å². The maximum Gasteiger partial charge on any atom is 0.339 e. The molecule has 3 rings (SSSR count). The van der Waals surface area contributed by atoms with Crippen LogP contribution in [0.25, 0.3) is 10.9 Å². The molecular formula is C20H18Cl2N2O2. The van der Waals surface area contributed by atoms with Gasteiger partial charge in [0.05, 0.1) is 17.2 Å². The van der Waals surface area contributed by atoms with Crippen LogP contribution in [0.15, 0.2) is 42.6 Å². The van der Waals surface area contributed by atoms with E-state index in [-0.39, 0.29) is 11.6 Å². The molecule has 3 aromatic rings. The molecule has 2 aromatic carbocycles. The van der Waals surface area contributed by atoms with Crippen molar-refractivity contribution in [3.63, 3.8) is 0 Å². The van der Waals surface area contributed by atoms with Crippen LogP contribution in [0.1, 0.15) is 34.5 Å². The van der Waals surface area contributed by atoms with Crippen molar-refractivity contribution in [3.05, 3.63) is 69.3 Å². The number of carboxylic acid groups (broad SMARTS) is 1. The SMILES string of the molecule is Cc1c(Cl)ccc2c(N(C)C(C)c3ccc(Cl)cc3)c(C(=O)O)cnc12. The van der Waals surface area contributed by atoms with Crippen LogP contribution in [0.2, 0.25) is 10.0 Å². The molecule has 26 heavy (non-hydrogen) atoms. The Balaban J connectivity index is 2.20. The number of benzene rings is 2. The lowest BCUT2D eigenvalue weighted by atomic mass is 10.0. The fourth-order valence-corrected chi connectivity index (χ4v) is 3.34. The molecule has 0 radical (unpaired) electrons. The number of rotatable bonds is 4. The monoisotopic (exact) mass is 388 g/mol. The van der Waals surface area contributed by atoms with E-state index in [4.69, 9.17) is 23.2 Å². The summed E-state index contributed by atoms with van der Waals surface area (Å²) in [6, 6.07) is 11.1. The lowest BCUT2D eigenvalue weighted by Crippen LogP contribution is -2.24. The number of pyridine rings is 1. The molecule has 0 aliphatic heterocycles. The Hall–Kier alpha value is -2.30. The third kappa shape index (κ3) is 3.22. The average molecular weight is 389 g/mol. The quantitative estimate of drug-likeness (QED) is 0.618. The second kappa shape index (κ2) is 7.14. The van der Waals surface area contributed by atoms with Crippen molar-refractivity contribution in [1.29, 1.82) is 0 Å². The molecule has 134 valence electrons. The fraction of sp³-hybridized carbons (Fsp3) is 0.200. The topological polar surface area (TPSA) is 53.4 Å². The molecule has 1 aromatic heterocycles. The zero-order chi connectivity index (χ0) is 19.0. The Kier molecular flexibility index (Phi) is 5.08. The van der Waals surface area contributed by atoms with Crippen molar-refractivity contribution in [2.75, 3.05) is 11.9 Å². The second-order valence-electron chi connectivity index (χ2n) is 6.23. The van der Waals surface area contributed by atoms with Gasteiger partial charge in [0, 0.05) is 28.7 Å². The second-order valence-corrected chi connectivity index (χ2v) is 7.08. The van der Waals surface area contributed by atoms with Crippen LogP contribution in [-0.2, 0) is 0 Å². The first-order chi connectivity index (χ1) is 12.3. The number of hydrogen-bond acceptors (Lipinski definition) is 3. The Bertz CT molecular complexity index is 987. The van der Waals surface area contributed by atoms with Gasteiger partial charge in [-0.05, 0) is 49.2 Å². The number of nitrogens with zero attached hydrogens (tertiary/aromatic N) is 2. The van der Waals surface area contributed by atoms with Crippen molar-refractivity contribution >= 4 is 45.8 Å². The van der Waals surface area contributed by atoms with Gasteiger partial charge >= 0.3 is 5.97 Å². The molecule has 1 N–H and O–H groups in total. The molecule has 0 spiro atoms.